The fraction of sp³-hybridized carbons (Fsp3) is 0.758. The predicted molar refractivity (Wildman–Crippen MR) is 157 cm³/mol. The van der Waals surface area contributed by atoms with Crippen molar-refractivity contribution < 1.29 is 48.2 Å². The molecule has 43 heavy (non-hydrogen) atoms. The third-order valence-corrected chi connectivity index (χ3v) is 10.0. The number of hydrogen-bond donors (Lipinski definition) is 2. The molecule has 3 aliphatic heterocycles. The van der Waals surface area contributed by atoms with E-state index in [2.05, 4.69) is 20.8 Å². The van der Waals surface area contributed by atoms with Gasteiger partial charge in [0.05, 0.1) is 31.2 Å². The number of ether oxygens (including phenoxy) is 6. The minimum absolute atomic E-state index is 0.00196. The van der Waals surface area contributed by atoms with Crippen molar-refractivity contribution in [3.63, 3.8) is 0 Å². The molecule has 242 valence electrons. The molecule has 0 amide bonds. The summed E-state index contributed by atoms with van der Waals surface area (Å²) in [6.07, 6.45) is -1.45. The summed E-state index contributed by atoms with van der Waals surface area (Å²) in [5.41, 5.74) is 0.365. The molecule has 0 aliphatic carbocycles. The average Bonchev–Trinajstić information content (AvgIpc) is 2.92. The fourth-order valence-corrected chi connectivity index (χ4v) is 7.27. The van der Waals surface area contributed by atoms with Gasteiger partial charge in [0.1, 0.15) is 18.0 Å². The molecule has 3 aliphatic rings. The van der Waals surface area contributed by atoms with Crippen LogP contribution in [0.1, 0.15) is 91.7 Å². The van der Waals surface area contributed by atoms with Crippen LogP contribution in [0, 0.1) is 23.2 Å². The Morgan fingerprint density at radius 1 is 1.05 bits per heavy atom. The zero-order valence-corrected chi connectivity index (χ0v) is 26.8. The molecule has 1 aromatic rings. The molecule has 2 N–H and O–H groups in total. The van der Waals surface area contributed by atoms with Gasteiger partial charge in [-0.1, -0.05) is 46.8 Å². The number of phenolic OH excluding ortho intramolecular Hbond substituents is 1. The summed E-state index contributed by atoms with van der Waals surface area (Å²) in [6.45, 7) is 11.8. The van der Waals surface area contributed by atoms with Crippen LogP contribution in [-0.4, -0.2) is 72.4 Å². The van der Waals surface area contributed by atoms with E-state index >= 15 is 0 Å². The van der Waals surface area contributed by atoms with Crippen LogP contribution in [0.2, 0.25) is 0 Å². The van der Waals surface area contributed by atoms with Crippen LogP contribution in [0.15, 0.2) is 24.3 Å². The van der Waals surface area contributed by atoms with Crippen molar-refractivity contribution in [1.29, 1.82) is 0 Å². The zero-order valence-electron chi connectivity index (χ0n) is 26.8. The SMILES string of the molecule is COC(CCC(C)C1OC23CC(OC(=O)CC(C(C)O)OC(=O)CC(OC)(O2)C(C)CC3(C)C)C1C)c1cccc(O)c1. The molecule has 4 rings (SSSR count). The molecular weight excluding hydrogens is 556 g/mol. The number of aromatic hydroxyl groups is 1. The summed E-state index contributed by atoms with van der Waals surface area (Å²) < 4.78 is 37.4. The van der Waals surface area contributed by atoms with Crippen LogP contribution in [-0.2, 0) is 38.0 Å². The second kappa shape index (κ2) is 13.0. The Kier molecular flexibility index (Phi) is 10.2. The van der Waals surface area contributed by atoms with Crippen molar-refractivity contribution in [2.75, 3.05) is 14.2 Å². The third kappa shape index (κ3) is 6.88. The molecule has 0 saturated carbocycles. The summed E-state index contributed by atoms with van der Waals surface area (Å²) in [7, 11) is 3.17. The zero-order chi connectivity index (χ0) is 31.7. The van der Waals surface area contributed by atoms with Crippen molar-refractivity contribution in [2.45, 2.75) is 122 Å². The lowest BCUT2D eigenvalue weighted by atomic mass is 9.66. The maximum atomic E-state index is 13.2. The molecule has 0 aromatic heterocycles. The van der Waals surface area contributed by atoms with Crippen molar-refractivity contribution in [3.8, 4) is 5.75 Å². The van der Waals surface area contributed by atoms with Gasteiger partial charge in [0.15, 0.2) is 11.6 Å². The number of carbonyl (C=O) groups excluding carboxylic acids is 2. The molecule has 10 atom stereocenters. The van der Waals surface area contributed by atoms with Crippen molar-refractivity contribution in [3.05, 3.63) is 29.8 Å². The van der Waals surface area contributed by atoms with Crippen LogP contribution in [0.4, 0.5) is 0 Å². The minimum Gasteiger partial charge on any atom is -0.508 e. The topological polar surface area (TPSA) is 130 Å². The van der Waals surface area contributed by atoms with E-state index in [0.29, 0.717) is 12.8 Å². The number of carbonyl (C=O) groups is 2. The van der Waals surface area contributed by atoms with E-state index in [1.807, 2.05) is 19.9 Å². The van der Waals surface area contributed by atoms with E-state index in [-0.39, 0.29) is 55.0 Å². The number of esters is 2. The van der Waals surface area contributed by atoms with Crippen LogP contribution in [0.5, 0.6) is 5.75 Å². The van der Waals surface area contributed by atoms with E-state index in [0.717, 1.165) is 12.0 Å². The van der Waals surface area contributed by atoms with Gasteiger partial charge in [0.25, 0.3) is 0 Å². The maximum Gasteiger partial charge on any atom is 0.311 e. The Morgan fingerprint density at radius 3 is 2.40 bits per heavy atom. The first-order valence-electron chi connectivity index (χ1n) is 15.5. The number of aliphatic hydroxyl groups excluding tert-OH is 1. The lowest BCUT2D eigenvalue weighted by Crippen LogP contribution is -2.69. The predicted octanol–water partition coefficient (Wildman–Crippen LogP) is 5.04. The lowest BCUT2D eigenvalue weighted by Gasteiger charge is -2.62. The Morgan fingerprint density at radius 2 is 1.77 bits per heavy atom. The molecule has 3 saturated heterocycles. The Hall–Kier alpha value is -2.24. The van der Waals surface area contributed by atoms with Crippen LogP contribution in [0.25, 0.3) is 0 Å². The lowest BCUT2D eigenvalue weighted by molar-refractivity contribution is -0.455. The highest BCUT2D eigenvalue weighted by Crippen LogP contribution is 2.58. The Balaban J connectivity index is 1.69. The van der Waals surface area contributed by atoms with Gasteiger partial charge in [-0.15, -0.1) is 0 Å². The highest BCUT2D eigenvalue weighted by atomic mass is 16.8. The number of fused-ring (bicyclic) bond motifs is 2. The summed E-state index contributed by atoms with van der Waals surface area (Å²) in [5, 5.41) is 20.3. The summed E-state index contributed by atoms with van der Waals surface area (Å²) in [5.74, 6) is -3.93. The first-order chi connectivity index (χ1) is 20.2. The number of benzene rings is 1. The second-order valence-electron chi connectivity index (χ2n) is 13.6. The third-order valence-electron chi connectivity index (χ3n) is 10.0. The number of phenols is 1. The molecular formula is C33H50O10. The Bertz CT molecular complexity index is 1140. The van der Waals surface area contributed by atoms with Gasteiger partial charge in [-0.3, -0.25) is 9.59 Å². The molecule has 1 spiro atoms. The molecule has 3 bridgehead atoms. The van der Waals surface area contributed by atoms with Gasteiger partial charge in [-0.05, 0) is 49.8 Å². The highest BCUT2D eigenvalue weighted by Gasteiger charge is 2.65. The van der Waals surface area contributed by atoms with E-state index in [9.17, 15) is 19.8 Å². The minimum atomic E-state index is -1.34. The van der Waals surface area contributed by atoms with Crippen LogP contribution >= 0.6 is 0 Å². The molecule has 10 nitrogen and oxygen atoms in total. The monoisotopic (exact) mass is 606 g/mol. The number of methoxy groups -OCH3 is 2. The standard InChI is InChI=1S/C33H50O10/c1-19(12-13-25(38-7)23-10-9-11-24(35)14-23)30-21(3)27-17-33(42-30)31(5,6)16-20(2)32(39-8,43-33)18-29(37)40-26(22(4)34)15-28(36)41-27/h9-11,14,19-22,25-27,30,34-35H,12-13,15-18H2,1-8H3. The number of rotatable bonds is 8. The number of cyclic esters (lactones) is 1. The number of aliphatic hydroxyl groups is 1. The second-order valence-corrected chi connectivity index (χ2v) is 13.6. The summed E-state index contributed by atoms with van der Waals surface area (Å²) >= 11 is 0. The smallest absolute Gasteiger partial charge is 0.311 e. The molecule has 3 fully saturated rings. The van der Waals surface area contributed by atoms with Crippen molar-refractivity contribution in [1.82, 2.24) is 0 Å². The molecule has 10 unspecified atom stereocenters. The van der Waals surface area contributed by atoms with Gasteiger partial charge in [-0.2, -0.15) is 0 Å². The first kappa shape index (κ1) is 33.6. The van der Waals surface area contributed by atoms with Crippen molar-refractivity contribution in [2.24, 2.45) is 23.2 Å². The van der Waals surface area contributed by atoms with E-state index in [1.54, 1.807) is 25.3 Å². The van der Waals surface area contributed by atoms with E-state index in [4.69, 9.17) is 28.4 Å². The van der Waals surface area contributed by atoms with E-state index < -0.39 is 47.2 Å². The summed E-state index contributed by atoms with van der Waals surface area (Å²) in [4.78, 5) is 26.4. The van der Waals surface area contributed by atoms with Gasteiger partial charge in [-0.25, -0.2) is 0 Å². The average molecular weight is 607 g/mol. The fourth-order valence-electron chi connectivity index (χ4n) is 7.27. The van der Waals surface area contributed by atoms with Gasteiger partial charge in [0.2, 0.25) is 0 Å². The molecule has 10 heteroatoms. The van der Waals surface area contributed by atoms with Gasteiger partial charge >= 0.3 is 11.9 Å². The Labute approximate surface area is 255 Å². The molecule has 3 heterocycles. The molecule has 1 aromatic carbocycles. The van der Waals surface area contributed by atoms with Gasteiger partial charge < -0.3 is 38.6 Å². The largest absolute Gasteiger partial charge is 0.508 e. The normalized spacial score (nSPS) is 36.7. The maximum absolute atomic E-state index is 13.2. The van der Waals surface area contributed by atoms with Gasteiger partial charge in [0, 0.05) is 37.9 Å². The number of hydrogen-bond acceptors (Lipinski definition) is 10. The quantitative estimate of drug-likeness (QED) is 0.388. The summed E-state index contributed by atoms with van der Waals surface area (Å²) in [6, 6.07) is 7.07. The molecule has 0 radical (unpaired) electrons. The highest BCUT2D eigenvalue weighted by molar-refractivity contribution is 5.73. The van der Waals surface area contributed by atoms with E-state index in [1.165, 1.54) is 14.0 Å². The van der Waals surface area contributed by atoms with Crippen LogP contribution in [0.3, 0.4) is 0 Å². The van der Waals surface area contributed by atoms with Crippen LogP contribution < -0.4 is 0 Å². The van der Waals surface area contributed by atoms with Crippen molar-refractivity contribution >= 4 is 11.9 Å². The first-order valence-corrected chi connectivity index (χ1v) is 15.5.